The van der Waals surface area contributed by atoms with Crippen molar-refractivity contribution >= 4 is 11.3 Å². The van der Waals surface area contributed by atoms with Crippen molar-refractivity contribution in [3.63, 3.8) is 0 Å². The van der Waals surface area contributed by atoms with E-state index in [0.717, 1.165) is 22.9 Å². The number of nitrogens with zero attached hydrogens (tertiary/aromatic N) is 3. The topological polar surface area (TPSA) is 52.0 Å². The van der Waals surface area contributed by atoms with Gasteiger partial charge in [-0.3, -0.25) is 0 Å². The van der Waals surface area contributed by atoms with Gasteiger partial charge in [-0.25, -0.2) is 9.97 Å². The van der Waals surface area contributed by atoms with E-state index in [1.165, 1.54) is 4.88 Å². The van der Waals surface area contributed by atoms with Gasteiger partial charge in [0, 0.05) is 31.1 Å². The van der Waals surface area contributed by atoms with Gasteiger partial charge in [0.15, 0.2) is 0 Å². The molecule has 0 radical (unpaired) electrons. The SMILES string of the molecule is COCc1nc(-c2cncn2C)sc1CNC(C)(C)C. The summed E-state index contributed by atoms with van der Waals surface area (Å²) in [6.45, 7) is 7.82. The van der Waals surface area contributed by atoms with Crippen LogP contribution in [0, 0.1) is 0 Å². The van der Waals surface area contributed by atoms with E-state index < -0.39 is 0 Å². The lowest BCUT2D eigenvalue weighted by Crippen LogP contribution is -2.35. The minimum Gasteiger partial charge on any atom is -0.378 e. The average molecular weight is 294 g/mol. The summed E-state index contributed by atoms with van der Waals surface area (Å²) >= 11 is 1.70. The van der Waals surface area contributed by atoms with Crippen LogP contribution < -0.4 is 5.32 Å². The molecule has 1 N–H and O–H groups in total. The van der Waals surface area contributed by atoms with Gasteiger partial charge in [0.2, 0.25) is 0 Å². The van der Waals surface area contributed by atoms with Crippen LogP contribution in [0.1, 0.15) is 31.3 Å². The highest BCUT2D eigenvalue weighted by atomic mass is 32.1. The number of methoxy groups -OCH3 is 1. The summed E-state index contributed by atoms with van der Waals surface area (Å²) in [7, 11) is 3.68. The van der Waals surface area contributed by atoms with Crippen molar-refractivity contribution < 1.29 is 4.74 Å². The van der Waals surface area contributed by atoms with E-state index in [-0.39, 0.29) is 5.54 Å². The van der Waals surface area contributed by atoms with Crippen LogP contribution in [0.25, 0.3) is 10.7 Å². The molecule has 2 aromatic rings. The maximum Gasteiger partial charge on any atom is 0.142 e. The molecule has 2 rings (SSSR count). The molecule has 2 aromatic heterocycles. The van der Waals surface area contributed by atoms with Crippen LogP contribution in [0.15, 0.2) is 12.5 Å². The Hall–Kier alpha value is -1.24. The zero-order valence-corrected chi connectivity index (χ0v) is 13.5. The second-order valence-corrected chi connectivity index (χ2v) is 6.90. The summed E-state index contributed by atoms with van der Waals surface area (Å²) in [5.74, 6) is 0. The number of nitrogens with one attached hydrogen (secondary N) is 1. The average Bonchev–Trinajstić information content (AvgIpc) is 2.92. The summed E-state index contributed by atoms with van der Waals surface area (Å²) in [6, 6.07) is 0. The molecule has 6 heteroatoms. The van der Waals surface area contributed by atoms with Crippen molar-refractivity contribution in [1.29, 1.82) is 0 Å². The predicted octanol–water partition coefficient (Wildman–Crippen LogP) is 2.58. The van der Waals surface area contributed by atoms with Gasteiger partial charge in [-0.2, -0.15) is 0 Å². The third kappa shape index (κ3) is 3.65. The molecule has 0 saturated heterocycles. The van der Waals surface area contributed by atoms with Crippen molar-refractivity contribution in [3.8, 4) is 10.7 Å². The fraction of sp³-hybridized carbons (Fsp3) is 0.571. The Labute approximate surface area is 124 Å². The van der Waals surface area contributed by atoms with Crippen molar-refractivity contribution in [2.45, 2.75) is 39.5 Å². The Morgan fingerprint density at radius 2 is 2.15 bits per heavy atom. The summed E-state index contributed by atoms with van der Waals surface area (Å²) in [5.41, 5.74) is 2.13. The Balaban J connectivity index is 2.26. The molecule has 5 nitrogen and oxygen atoms in total. The van der Waals surface area contributed by atoms with Gasteiger partial charge in [0.1, 0.15) is 5.01 Å². The molecule has 0 amide bonds. The van der Waals surface area contributed by atoms with Crippen LogP contribution in [-0.4, -0.2) is 27.2 Å². The minimum absolute atomic E-state index is 0.0843. The van der Waals surface area contributed by atoms with Gasteiger partial charge in [-0.15, -0.1) is 11.3 Å². The standard InChI is InChI=1S/C14H22N4OS/c1-14(2,3)16-7-12-10(8-19-5)17-13(20-12)11-6-15-9-18(11)4/h6,9,16H,7-8H2,1-5H3. The predicted molar refractivity (Wildman–Crippen MR) is 81.6 cm³/mol. The van der Waals surface area contributed by atoms with E-state index in [4.69, 9.17) is 9.72 Å². The highest BCUT2D eigenvalue weighted by Gasteiger charge is 2.16. The molecular formula is C14H22N4OS. The lowest BCUT2D eigenvalue weighted by molar-refractivity contribution is 0.181. The van der Waals surface area contributed by atoms with Gasteiger partial charge >= 0.3 is 0 Å². The fourth-order valence-corrected chi connectivity index (χ4v) is 2.85. The van der Waals surface area contributed by atoms with Gasteiger partial charge in [0.25, 0.3) is 0 Å². The van der Waals surface area contributed by atoms with Crippen molar-refractivity contribution in [1.82, 2.24) is 19.9 Å². The van der Waals surface area contributed by atoms with Crippen molar-refractivity contribution in [3.05, 3.63) is 23.1 Å². The molecule has 0 spiro atoms. The van der Waals surface area contributed by atoms with Crippen LogP contribution in [0.2, 0.25) is 0 Å². The summed E-state index contributed by atoms with van der Waals surface area (Å²) in [4.78, 5) is 10.1. The Kier molecular flexibility index (Phi) is 4.57. The van der Waals surface area contributed by atoms with Crippen LogP contribution in [-0.2, 0) is 24.9 Å². The number of hydrogen-bond donors (Lipinski definition) is 1. The number of hydrogen-bond acceptors (Lipinski definition) is 5. The largest absolute Gasteiger partial charge is 0.378 e. The normalized spacial score (nSPS) is 12.1. The molecule has 0 aliphatic carbocycles. The zero-order chi connectivity index (χ0) is 14.8. The van der Waals surface area contributed by atoms with Gasteiger partial charge < -0.3 is 14.6 Å². The zero-order valence-electron chi connectivity index (χ0n) is 12.7. The second kappa shape index (κ2) is 6.03. The van der Waals surface area contributed by atoms with Crippen LogP contribution in [0.5, 0.6) is 0 Å². The van der Waals surface area contributed by atoms with E-state index in [1.807, 2.05) is 17.8 Å². The van der Waals surface area contributed by atoms with E-state index in [1.54, 1.807) is 24.8 Å². The molecule has 0 fully saturated rings. The van der Waals surface area contributed by atoms with E-state index in [0.29, 0.717) is 6.61 Å². The first-order valence-corrected chi connectivity index (χ1v) is 7.41. The minimum atomic E-state index is 0.0843. The molecule has 20 heavy (non-hydrogen) atoms. The van der Waals surface area contributed by atoms with E-state index in [9.17, 15) is 0 Å². The third-order valence-corrected chi connectivity index (χ3v) is 3.99. The third-order valence-electron chi connectivity index (χ3n) is 2.87. The van der Waals surface area contributed by atoms with Crippen molar-refractivity contribution in [2.24, 2.45) is 7.05 Å². The number of imidazole rings is 1. The maximum atomic E-state index is 5.26. The van der Waals surface area contributed by atoms with E-state index >= 15 is 0 Å². The highest BCUT2D eigenvalue weighted by molar-refractivity contribution is 7.15. The second-order valence-electron chi connectivity index (χ2n) is 5.82. The molecule has 0 aliphatic rings. The molecule has 0 aliphatic heterocycles. The molecule has 0 bridgehead atoms. The number of ether oxygens (including phenoxy) is 1. The first kappa shape index (κ1) is 15.2. The molecule has 0 aromatic carbocycles. The van der Waals surface area contributed by atoms with E-state index in [2.05, 4.69) is 31.1 Å². The van der Waals surface area contributed by atoms with Gasteiger partial charge in [0.05, 0.1) is 30.5 Å². The summed E-state index contributed by atoms with van der Waals surface area (Å²) in [6.07, 6.45) is 3.64. The van der Waals surface area contributed by atoms with Gasteiger partial charge in [-0.05, 0) is 20.8 Å². The number of rotatable bonds is 5. The summed E-state index contributed by atoms with van der Waals surface area (Å²) in [5, 5.41) is 4.49. The fourth-order valence-electron chi connectivity index (χ4n) is 1.79. The maximum absolute atomic E-state index is 5.26. The summed E-state index contributed by atoms with van der Waals surface area (Å²) < 4.78 is 7.24. The smallest absolute Gasteiger partial charge is 0.142 e. The Morgan fingerprint density at radius 3 is 2.70 bits per heavy atom. The first-order valence-electron chi connectivity index (χ1n) is 6.60. The first-order chi connectivity index (χ1) is 9.40. The van der Waals surface area contributed by atoms with Crippen molar-refractivity contribution in [2.75, 3.05) is 7.11 Å². The number of thiazole rings is 1. The lowest BCUT2D eigenvalue weighted by Gasteiger charge is -2.20. The van der Waals surface area contributed by atoms with Crippen LogP contribution in [0.4, 0.5) is 0 Å². The molecule has 2 heterocycles. The number of aryl methyl sites for hydroxylation is 1. The molecule has 110 valence electrons. The molecule has 0 atom stereocenters. The monoisotopic (exact) mass is 294 g/mol. The molecular weight excluding hydrogens is 272 g/mol. The molecule has 0 saturated carbocycles. The van der Waals surface area contributed by atoms with Gasteiger partial charge in [-0.1, -0.05) is 0 Å². The Bertz CT molecular complexity index is 568. The van der Waals surface area contributed by atoms with Crippen LogP contribution >= 0.6 is 11.3 Å². The highest BCUT2D eigenvalue weighted by Crippen LogP contribution is 2.28. The van der Waals surface area contributed by atoms with Crippen LogP contribution in [0.3, 0.4) is 0 Å². The Morgan fingerprint density at radius 1 is 1.40 bits per heavy atom. The molecule has 0 unspecified atom stereocenters. The number of aromatic nitrogens is 3. The lowest BCUT2D eigenvalue weighted by atomic mass is 10.1. The quantitative estimate of drug-likeness (QED) is 0.921.